The first kappa shape index (κ1) is 12.5. The van der Waals surface area contributed by atoms with Crippen molar-refractivity contribution in [2.24, 2.45) is 0 Å². The molecule has 0 aromatic heterocycles. The molecule has 88 valence electrons. The minimum atomic E-state index is 0.335. The first-order chi connectivity index (χ1) is 7.38. The maximum Gasteiger partial charge on any atom is 0.0876 e. The zero-order chi connectivity index (χ0) is 10.9. The Labute approximate surface area is 92.8 Å². The second-order valence-corrected chi connectivity index (χ2v) is 3.85. The first-order valence-electron chi connectivity index (χ1n) is 6.00. The Bertz CT molecular complexity index is 192. The molecule has 1 aliphatic rings. The van der Waals surface area contributed by atoms with Crippen LogP contribution in [0, 0.1) is 0 Å². The van der Waals surface area contributed by atoms with Gasteiger partial charge in [0.25, 0.3) is 0 Å². The Hall–Kier alpha value is -0.540. The molecule has 1 heterocycles. The van der Waals surface area contributed by atoms with Gasteiger partial charge in [-0.25, -0.2) is 0 Å². The molecule has 15 heavy (non-hydrogen) atoms. The summed E-state index contributed by atoms with van der Waals surface area (Å²) in [5.74, 6) is 0. The summed E-state index contributed by atoms with van der Waals surface area (Å²) in [6.07, 6.45) is 5.25. The summed E-state index contributed by atoms with van der Waals surface area (Å²) >= 11 is 0. The molecule has 0 fully saturated rings. The van der Waals surface area contributed by atoms with Crippen LogP contribution >= 0.6 is 0 Å². The lowest BCUT2D eigenvalue weighted by Crippen LogP contribution is -2.36. The third-order valence-corrected chi connectivity index (χ3v) is 2.49. The fraction of sp³-hybridized carbons (Fsp3) is 0.833. The second kappa shape index (κ2) is 7.71. The van der Waals surface area contributed by atoms with E-state index in [9.17, 15) is 0 Å². The average molecular weight is 213 g/mol. The van der Waals surface area contributed by atoms with Crippen LogP contribution in [0.1, 0.15) is 33.1 Å². The van der Waals surface area contributed by atoms with Crippen LogP contribution in [0.3, 0.4) is 0 Å². The summed E-state index contributed by atoms with van der Waals surface area (Å²) in [5.41, 5.74) is 1.35. The molecule has 3 heteroatoms. The van der Waals surface area contributed by atoms with Crippen molar-refractivity contribution < 1.29 is 9.47 Å². The van der Waals surface area contributed by atoms with Crippen LogP contribution in [0.5, 0.6) is 0 Å². The monoisotopic (exact) mass is 213 g/mol. The summed E-state index contributed by atoms with van der Waals surface area (Å²) in [7, 11) is 0. The highest BCUT2D eigenvalue weighted by Crippen LogP contribution is 2.16. The fourth-order valence-corrected chi connectivity index (χ4v) is 1.73. The Morgan fingerprint density at radius 3 is 3.00 bits per heavy atom. The van der Waals surface area contributed by atoms with Crippen LogP contribution in [-0.4, -0.2) is 32.4 Å². The van der Waals surface area contributed by atoms with Crippen LogP contribution in [0.15, 0.2) is 11.8 Å². The Morgan fingerprint density at radius 2 is 2.40 bits per heavy atom. The molecule has 0 aromatic rings. The zero-order valence-electron chi connectivity index (χ0n) is 9.92. The van der Waals surface area contributed by atoms with Crippen LogP contribution in [-0.2, 0) is 9.47 Å². The van der Waals surface area contributed by atoms with Gasteiger partial charge in [0.2, 0.25) is 0 Å². The Kier molecular flexibility index (Phi) is 6.44. The molecular formula is C12H23NO2. The molecule has 0 aromatic carbocycles. The van der Waals surface area contributed by atoms with Gasteiger partial charge < -0.3 is 14.8 Å². The number of rotatable bonds is 7. The smallest absolute Gasteiger partial charge is 0.0876 e. The second-order valence-electron chi connectivity index (χ2n) is 3.85. The molecule has 3 nitrogen and oxygen atoms in total. The van der Waals surface area contributed by atoms with Crippen molar-refractivity contribution in [3.63, 3.8) is 0 Å². The molecule has 1 unspecified atom stereocenters. The third-order valence-electron chi connectivity index (χ3n) is 2.49. The van der Waals surface area contributed by atoms with E-state index >= 15 is 0 Å². The van der Waals surface area contributed by atoms with Crippen molar-refractivity contribution in [3.05, 3.63) is 11.8 Å². The number of hydrogen-bond acceptors (Lipinski definition) is 3. The molecule has 1 atom stereocenters. The lowest BCUT2D eigenvalue weighted by molar-refractivity contribution is 0.115. The Balaban J connectivity index is 2.37. The molecule has 0 bridgehead atoms. The maximum absolute atomic E-state index is 5.59. The maximum atomic E-state index is 5.59. The van der Waals surface area contributed by atoms with Gasteiger partial charge in [0.05, 0.1) is 25.5 Å². The summed E-state index contributed by atoms with van der Waals surface area (Å²) in [4.78, 5) is 0. The van der Waals surface area contributed by atoms with E-state index in [4.69, 9.17) is 9.47 Å². The highest BCUT2D eigenvalue weighted by molar-refractivity contribution is 5.10. The summed E-state index contributed by atoms with van der Waals surface area (Å²) in [6.45, 7) is 7.69. The minimum absolute atomic E-state index is 0.335. The zero-order valence-corrected chi connectivity index (χ0v) is 9.92. The number of nitrogens with one attached hydrogen (secondary N) is 1. The van der Waals surface area contributed by atoms with E-state index in [-0.39, 0.29) is 0 Å². The van der Waals surface area contributed by atoms with Crippen LogP contribution in [0.4, 0.5) is 0 Å². The largest absolute Gasteiger partial charge is 0.501 e. The SMILES string of the molecule is CCCOCC(NCC)C1=COCCC1. The standard InChI is InChI=1S/C12H23NO2/c1-3-7-14-10-12(13-4-2)11-6-5-8-15-9-11/h9,12-13H,3-8,10H2,1-2H3. The molecule has 0 amide bonds. The summed E-state index contributed by atoms with van der Waals surface area (Å²) in [6, 6.07) is 0.335. The van der Waals surface area contributed by atoms with Gasteiger partial charge in [0.15, 0.2) is 0 Å². The lowest BCUT2D eigenvalue weighted by Gasteiger charge is -2.23. The number of likely N-dealkylation sites (N-methyl/N-ethyl adjacent to an activating group) is 1. The Morgan fingerprint density at radius 1 is 1.53 bits per heavy atom. The average Bonchev–Trinajstić information content (AvgIpc) is 2.29. The van der Waals surface area contributed by atoms with Gasteiger partial charge in [0.1, 0.15) is 0 Å². The van der Waals surface area contributed by atoms with Crippen LogP contribution in [0.2, 0.25) is 0 Å². The summed E-state index contributed by atoms with van der Waals surface area (Å²) in [5, 5.41) is 3.44. The van der Waals surface area contributed by atoms with Crippen molar-refractivity contribution in [3.8, 4) is 0 Å². The van der Waals surface area contributed by atoms with Gasteiger partial charge in [-0.2, -0.15) is 0 Å². The number of hydrogen-bond donors (Lipinski definition) is 1. The fourth-order valence-electron chi connectivity index (χ4n) is 1.73. The van der Waals surface area contributed by atoms with Gasteiger partial charge in [-0.15, -0.1) is 0 Å². The predicted octanol–water partition coefficient (Wildman–Crippen LogP) is 2.09. The molecule has 0 saturated carbocycles. The highest BCUT2D eigenvalue weighted by atomic mass is 16.5. The third kappa shape index (κ3) is 4.67. The van der Waals surface area contributed by atoms with Crippen molar-refractivity contribution >= 4 is 0 Å². The van der Waals surface area contributed by atoms with Gasteiger partial charge in [-0.3, -0.25) is 0 Å². The van der Waals surface area contributed by atoms with Crippen LogP contribution in [0.25, 0.3) is 0 Å². The predicted molar refractivity (Wildman–Crippen MR) is 61.8 cm³/mol. The van der Waals surface area contributed by atoms with Crippen molar-refractivity contribution in [2.75, 3.05) is 26.4 Å². The van der Waals surface area contributed by atoms with Crippen LogP contribution < -0.4 is 5.32 Å². The molecule has 1 aliphatic heterocycles. The van der Waals surface area contributed by atoms with Gasteiger partial charge in [0, 0.05) is 6.61 Å². The van der Waals surface area contributed by atoms with Crippen molar-refractivity contribution in [1.82, 2.24) is 5.32 Å². The van der Waals surface area contributed by atoms with Crippen molar-refractivity contribution in [1.29, 1.82) is 0 Å². The topological polar surface area (TPSA) is 30.5 Å². The highest BCUT2D eigenvalue weighted by Gasteiger charge is 2.15. The van der Waals surface area contributed by atoms with E-state index in [2.05, 4.69) is 19.2 Å². The summed E-state index contributed by atoms with van der Waals surface area (Å²) < 4.78 is 10.9. The van der Waals surface area contributed by atoms with E-state index in [1.807, 2.05) is 6.26 Å². The molecule has 0 aliphatic carbocycles. The van der Waals surface area contributed by atoms with Crippen molar-refractivity contribution in [2.45, 2.75) is 39.2 Å². The van der Waals surface area contributed by atoms with Gasteiger partial charge in [-0.05, 0) is 31.4 Å². The molecule has 1 N–H and O–H groups in total. The van der Waals surface area contributed by atoms with E-state index in [1.165, 1.54) is 5.57 Å². The van der Waals surface area contributed by atoms with E-state index in [0.29, 0.717) is 6.04 Å². The van der Waals surface area contributed by atoms with E-state index in [1.54, 1.807) is 0 Å². The first-order valence-corrected chi connectivity index (χ1v) is 6.00. The van der Waals surface area contributed by atoms with E-state index < -0.39 is 0 Å². The molecule has 0 radical (unpaired) electrons. The quantitative estimate of drug-likeness (QED) is 0.657. The van der Waals surface area contributed by atoms with Gasteiger partial charge >= 0.3 is 0 Å². The molecule has 0 saturated heterocycles. The molecule has 1 rings (SSSR count). The normalized spacial score (nSPS) is 18.1. The van der Waals surface area contributed by atoms with E-state index in [0.717, 1.165) is 45.6 Å². The molecular weight excluding hydrogens is 190 g/mol. The minimum Gasteiger partial charge on any atom is -0.501 e. The lowest BCUT2D eigenvalue weighted by atomic mass is 10.0. The van der Waals surface area contributed by atoms with Gasteiger partial charge in [-0.1, -0.05) is 13.8 Å². The number of ether oxygens (including phenoxy) is 2. The molecule has 0 spiro atoms.